The van der Waals surface area contributed by atoms with Gasteiger partial charge in [-0.25, -0.2) is 9.18 Å². The highest BCUT2D eigenvalue weighted by Crippen LogP contribution is 2.38. The summed E-state index contributed by atoms with van der Waals surface area (Å²) in [4.78, 5) is 18.5. The van der Waals surface area contributed by atoms with Crippen LogP contribution >= 0.6 is 0 Å². The largest absolute Gasteiger partial charge is 0.488 e. The molecule has 4 heterocycles. The molecule has 6 nitrogen and oxygen atoms in total. The molecule has 182 valence electrons. The minimum Gasteiger partial charge on any atom is -0.488 e. The Kier molecular flexibility index (Phi) is 5.08. The van der Waals surface area contributed by atoms with Crippen LogP contribution in [0.2, 0.25) is 0 Å². The minimum absolute atomic E-state index is 0.0744. The number of benzene rings is 3. The van der Waals surface area contributed by atoms with E-state index < -0.39 is 0 Å². The van der Waals surface area contributed by atoms with E-state index in [2.05, 4.69) is 22.0 Å². The zero-order chi connectivity index (χ0) is 24.2. The summed E-state index contributed by atoms with van der Waals surface area (Å²) in [5.41, 5.74) is 6.52. The maximum atomic E-state index is 14.0. The zero-order valence-corrected chi connectivity index (χ0v) is 19.7. The number of morpholine rings is 1. The van der Waals surface area contributed by atoms with Crippen molar-refractivity contribution < 1.29 is 13.9 Å². The molecule has 0 amide bonds. The first kappa shape index (κ1) is 21.6. The summed E-state index contributed by atoms with van der Waals surface area (Å²) < 4.78 is 27.5. The Labute approximate surface area is 207 Å². The van der Waals surface area contributed by atoms with Gasteiger partial charge in [0.1, 0.15) is 18.2 Å². The lowest BCUT2D eigenvalue weighted by atomic mass is 9.92. The third kappa shape index (κ3) is 3.58. The predicted octanol–water partition coefficient (Wildman–Crippen LogP) is 4.60. The van der Waals surface area contributed by atoms with Crippen LogP contribution in [-0.2, 0) is 11.3 Å². The van der Waals surface area contributed by atoms with E-state index >= 15 is 0 Å². The Morgan fingerprint density at radius 2 is 1.94 bits per heavy atom. The molecule has 7 rings (SSSR count). The van der Waals surface area contributed by atoms with Gasteiger partial charge in [0, 0.05) is 30.8 Å². The molecule has 0 spiro atoms. The third-order valence-corrected chi connectivity index (χ3v) is 7.68. The molecule has 1 unspecified atom stereocenters. The molecule has 2 fully saturated rings. The molecule has 4 aromatic rings. The first-order valence-electron chi connectivity index (χ1n) is 12.4. The van der Waals surface area contributed by atoms with Crippen molar-refractivity contribution in [2.75, 3.05) is 26.3 Å². The van der Waals surface area contributed by atoms with E-state index in [9.17, 15) is 9.18 Å². The summed E-state index contributed by atoms with van der Waals surface area (Å²) >= 11 is 0. The molecule has 36 heavy (non-hydrogen) atoms. The molecule has 7 heteroatoms. The summed E-state index contributed by atoms with van der Waals surface area (Å²) in [5.74, 6) is 0.203. The predicted molar refractivity (Wildman–Crippen MR) is 137 cm³/mol. The highest BCUT2D eigenvalue weighted by Gasteiger charge is 2.36. The van der Waals surface area contributed by atoms with Crippen LogP contribution in [0.1, 0.15) is 34.7 Å². The number of H-pyrrole nitrogens is 1. The van der Waals surface area contributed by atoms with E-state index in [1.54, 1.807) is 6.07 Å². The van der Waals surface area contributed by atoms with E-state index in [0.29, 0.717) is 18.4 Å². The number of fused-ring (bicyclic) bond motifs is 4. The van der Waals surface area contributed by atoms with E-state index in [-0.39, 0.29) is 17.5 Å². The van der Waals surface area contributed by atoms with E-state index in [4.69, 9.17) is 9.47 Å². The highest BCUT2D eigenvalue weighted by atomic mass is 19.1. The standard InChI is InChI=1S/C29H26FN3O3/c30-20-6-7-24-25(23-4-2-1-3-19(23)16-36-28(24)13-20)11-18-5-8-27-26(12-18)31-29(34)33(27)21-14-22-17-35-10-9-32(22)15-21/h1-8,11-13,21-22H,9-10,14-17H2,(H,31,34)/b25-11+/t21?,22-/m1/s1. The quantitative estimate of drug-likeness (QED) is 0.453. The monoisotopic (exact) mass is 483 g/mol. The van der Waals surface area contributed by atoms with Crippen LogP contribution in [-0.4, -0.2) is 46.8 Å². The number of aromatic nitrogens is 2. The van der Waals surface area contributed by atoms with Crippen LogP contribution in [0.3, 0.4) is 0 Å². The number of aromatic amines is 1. The molecular weight excluding hydrogens is 457 g/mol. The lowest BCUT2D eigenvalue weighted by Gasteiger charge is -2.28. The van der Waals surface area contributed by atoms with Crippen LogP contribution in [0.25, 0.3) is 22.7 Å². The Morgan fingerprint density at radius 3 is 2.86 bits per heavy atom. The van der Waals surface area contributed by atoms with Gasteiger partial charge in [0.2, 0.25) is 0 Å². The van der Waals surface area contributed by atoms with E-state index in [1.165, 1.54) is 12.1 Å². The van der Waals surface area contributed by atoms with Gasteiger partial charge in [-0.15, -0.1) is 0 Å². The fraction of sp³-hybridized carbons (Fsp3) is 0.276. The molecule has 3 aromatic carbocycles. The van der Waals surface area contributed by atoms with Gasteiger partial charge in [-0.1, -0.05) is 30.3 Å². The van der Waals surface area contributed by atoms with Gasteiger partial charge in [-0.3, -0.25) is 9.47 Å². The Balaban J connectivity index is 1.31. The molecule has 0 aliphatic carbocycles. The number of imidazole rings is 1. The van der Waals surface area contributed by atoms with Crippen molar-refractivity contribution in [3.05, 3.63) is 99.2 Å². The van der Waals surface area contributed by atoms with Gasteiger partial charge in [0.25, 0.3) is 0 Å². The second-order valence-electron chi connectivity index (χ2n) is 9.83. The van der Waals surface area contributed by atoms with Crippen LogP contribution < -0.4 is 10.4 Å². The number of nitrogens with zero attached hydrogens (tertiary/aromatic N) is 2. The normalized spacial score (nSPS) is 22.6. The number of ether oxygens (including phenoxy) is 2. The molecule has 1 aromatic heterocycles. The van der Waals surface area contributed by atoms with Crippen LogP contribution in [0.15, 0.2) is 65.5 Å². The van der Waals surface area contributed by atoms with Crippen molar-refractivity contribution in [2.45, 2.75) is 25.1 Å². The Morgan fingerprint density at radius 1 is 1.03 bits per heavy atom. The molecule has 2 atom stereocenters. The number of hydrogen-bond donors (Lipinski definition) is 1. The first-order chi connectivity index (χ1) is 17.6. The van der Waals surface area contributed by atoms with Crippen molar-refractivity contribution in [3.8, 4) is 5.75 Å². The number of nitrogens with one attached hydrogen (secondary N) is 1. The lowest BCUT2D eigenvalue weighted by Crippen LogP contribution is -2.40. The van der Waals surface area contributed by atoms with Gasteiger partial charge >= 0.3 is 5.69 Å². The van der Waals surface area contributed by atoms with Crippen molar-refractivity contribution in [1.82, 2.24) is 14.5 Å². The fourth-order valence-electron chi connectivity index (χ4n) is 5.96. The van der Waals surface area contributed by atoms with Crippen molar-refractivity contribution in [1.29, 1.82) is 0 Å². The topological polar surface area (TPSA) is 59.5 Å². The molecular formula is C29H26FN3O3. The number of halogens is 1. The van der Waals surface area contributed by atoms with Crippen LogP contribution in [0, 0.1) is 5.82 Å². The average Bonchev–Trinajstić information content (AvgIpc) is 3.41. The van der Waals surface area contributed by atoms with Crippen molar-refractivity contribution in [2.24, 2.45) is 0 Å². The van der Waals surface area contributed by atoms with E-state index in [0.717, 1.165) is 71.6 Å². The smallest absolute Gasteiger partial charge is 0.326 e. The molecule has 3 aliphatic heterocycles. The van der Waals surface area contributed by atoms with Crippen LogP contribution in [0.5, 0.6) is 5.75 Å². The maximum Gasteiger partial charge on any atom is 0.326 e. The summed E-state index contributed by atoms with van der Waals surface area (Å²) in [6, 6.07) is 19.4. The molecule has 0 radical (unpaired) electrons. The Bertz CT molecular complexity index is 1560. The number of hydrogen-bond acceptors (Lipinski definition) is 4. The van der Waals surface area contributed by atoms with E-state index in [1.807, 2.05) is 41.0 Å². The fourth-order valence-corrected chi connectivity index (χ4v) is 5.96. The average molecular weight is 484 g/mol. The van der Waals surface area contributed by atoms with Gasteiger partial charge in [0.05, 0.1) is 30.3 Å². The lowest BCUT2D eigenvalue weighted by molar-refractivity contribution is 0.0128. The zero-order valence-electron chi connectivity index (χ0n) is 19.7. The summed E-state index contributed by atoms with van der Waals surface area (Å²) in [5, 5.41) is 0. The molecule has 3 aliphatic rings. The molecule has 0 bridgehead atoms. The maximum absolute atomic E-state index is 14.0. The summed E-state index contributed by atoms with van der Waals surface area (Å²) in [6.07, 6.45) is 3.01. The van der Waals surface area contributed by atoms with Gasteiger partial charge in [-0.2, -0.15) is 0 Å². The second kappa shape index (κ2) is 8.47. The van der Waals surface area contributed by atoms with Gasteiger partial charge in [0.15, 0.2) is 0 Å². The third-order valence-electron chi connectivity index (χ3n) is 7.68. The summed E-state index contributed by atoms with van der Waals surface area (Å²) in [7, 11) is 0. The van der Waals surface area contributed by atoms with Crippen LogP contribution in [0.4, 0.5) is 4.39 Å². The molecule has 1 N–H and O–H groups in total. The van der Waals surface area contributed by atoms with Crippen molar-refractivity contribution in [3.63, 3.8) is 0 Å². The Hall–Kier alpha value is -3.68. The highest BCUT2D eigenvalue weighted by molar-refractivity contribution is 5.95. The minimum atomic E-state index is -0.325. The van der Waals surface area contributed by atoms with Crippen molar-refractivity contribution >= 4 is 22.7 Å². The second-order valence-corrected chi connectivity index (χ2v) is 9.83. The molecule has 0 saturated carbocycles. The summed E-state index contributed by atoms with van der Waals surface area (Å²) in [6.45, 7) is 3.67. The SMILES string of the molecule is O=c1[nH]c2cc(/C=C3\c4ccccc4COc4cc(F)ccc43)ccc2n1C1C[C@@H]2COCCN2C1. The van der Waals surface area contributed by atoms with Gasteiger partial charge < -0.3 is 14.5 Å². The molecule has 2 saturated heterocycles. The van der Waals surface area contributed by atoms with Gasteiger partial charge in [-0.05, 0) is 59.0 Å². The number of rotatable bonds is 2. The first-order valence-corrected chi connectivity index (χ1v) is 12.4.